The number of halogens is 2. The molecule has 3 N–H and O–H groups in total. The number of carbonyl (C=O) groups excluding carboxylic acids is 2. The molecular weight excluding hydrogens is 584 g/mol. The number of pyridine rings is 1. The fraction of sp³-hybridized carbons (Fsp3) is 0.324. The summed E-state index contributed by atoms with van der Waals surface area (Å²) in [7, 11) is 2.69. The first kappa shape index (κ1) is 33.3. The lowest BCUT2D eigenvalue weighted by Gasteiger charge is -2.20. The highest BCUT2D eigenvalue weighted by atomic mass is 19.1. The summed E-state index contributed by atoms with van der Waals surface area (Å²) in [6.45, 7) is 3.81. The van der Waals surface area contributed by atoms with Gasteiger partial charge in [0.05, 0.1) is 32.8 Å². The molecule has 2 unspecified atom stereocenters. The third kappa shape index (κ3) is 8.11. The maximum Gasteiger partial charge on any atom is 0.308 e. The summed E-state index contributed by atoms with van der Waals surface area (Å²) >= 11 is 0. The van der Waals surface area contributed by atoms with E-state index in [1.54, 1.807) is 42.5 Å². The highest BCUT2D eigenvalue weighted by Crippen LogP contribution is 2.43. The average Bonchev–Trinajstić information content (AvgIpc) is 3.36. The van der Waals surface area contributed by atoms with Gasteiger partial charge in [0.1, 0.15) is 23.1 Å². The van der Waals surface area contributed by atoms with Gasteiger partial charge in [-0.25, -0.2) is 8.78 Å². The van der Waals surface area contributed by atoms with E-state index in [0.29, 0.717) is 33.8 Å². The minimum Gasteiger partial charge on any atom is -0.481 e. The second-order valence-corrected chi connectivity index (χ2v) is 10.9. The molecule has 0 fully saturated rings. The zero-order chi connectivity index (χ0) is 32.7. The van der Waals surface area contributed by atoms with Crippen LogP contribution in [-0.2, 0) is 16.0 Å². The summed E-state index contributed by atoms with van der Waals surface area (Å²) in [5.74, 6) is -1.42. The quantitative estimate of drug-likeness (QED) is 0.158. The van der Waals surface area contributed by atoms with Crippen LogP contribution in [0.25, 0.3) is 22.3 Å². The normalized spacial score (nSPS) is 12.6. The van der Waals surface area contributed by atoms with Crippen molar-refractivity contribution in [2.45, 2.75) is 57.8 Å². The molecule has 4 rings (SSSR count). The van der Waals surface area contributed by atoms with Gasteiger partial charge in [-0.2, -0.15) is 4.98 Å². The highest BCUT2D eigenvalue weighted by Gasteiger charge is 2.31. The van der Waals surface area contributed by atoms with Crippen LogP contribution in [0.15, 0.2) is 66.7 Å². The molecular formula is C34H37F2N3O6. The van der Waals surface area contributed by atoms with E-state index in [4.69, 9.17) is 4.74 Å². The number of nitrogens with zero attached hydrogens (tertiary/aromatic N) is 2. The Morgan fingerprint density at radius 3 is 2.04 bits per heavy atom. The van der Waals surface area contributed by atoms with Gasteiger partial charge in [-0.15, -0.1) is 0 Å². The standard InChI is InChI=1S/C34H37F2N3O6/c1-20(2)39-27(17-16-25(40)18-26(41)19-30(42)45-4)31(21-8-12-23(35)13-9-21)32(22-10-14-24(36)15-11-22)33(39)34(43)38-28-6-5-7-29(37-28)44-3/h5-15,20,25-26,40-41H,16-19H2,1-4H3,(H,37,38,43). The van der Waals surface area contributed by atoms with Gasteiger partial charge >= 0.3 is 5.97 Å². The van der Waals surface area contributed by atoms with Crippen molar-refractivity contribution in [3.8, 4) is 28.1 Å². The molecule has 11 heteroatoms. The molecule has 0 spiro atoms. The number of nitrogens with one attached hydrogen (secondary N) is 1. The van der Waals surface area contributed by atoms with Gasteiger partial charge in [-0.1, -0.05) is 30.3 Å². The van der Waals surface area contributed by atoms with E-state index >= 15 is 0 Å². The molecule has 0 saturated heterocycles. The lowest BCUT2D eigenvalue weighted by Crippen LogP contribution is -2.23. The average molecular weight is 622 g/mol. The monoisotopic (exact) mass is 621 g/mol. The number of benzene rings is 2. The summed E-state index contributed by atoms with van der Waals surface area (Å²) in [5.41, 5.74) is 3.19. The number of aliphatic hydroxyl groups excluding tert-OH is 2. The van der Waals surface area contributed by atoms with Crippen LogP contribution in [0.5, 0.6) is 5.88 Å². The van der Waals surface area contributed by atoms with E-state index in [2.05, 4.69) is 15.0 Å². The third-order valence-corrected chi connectivity index (χ3v) is 7.37. The number of aromatic nitrogens is 2. The van der Waals surface area contributed by atoms with E-state index < -0.39 is 35.7 Å². The van der Waals surface area contributed by atoms with Gasteiger partial charge in [0.25, 0.3) is 5.91 Å². The number of esters is 1. The Morgan fingerprint density at radius 1 is 0.889 bits per heavy atom. The lowest BCUT2D eigenvalue weighted by molar-refractivity contribution is -0.143. The van der Waals surface area contributed by atoms with Crippen LogP contribution in [0.1, 0.15) is 55.3 Å². The number of methoxy groups -OCH3 is 2. The Kier molecular flexibility index (Phi) is 11.0. The summed E-state index contributed by atoms with van der Waals surface area (Å²) in [6.07, 6.45) is -2.00. The number of aliphatic hydroxyl groups is 2. The molecule has 1 amide bonds. The number of amides is 1. The number of hydrogen-bond acceptors (Lipinski definition) is 7. The number of ether oxygens (including phenoxy) is 2. The number of hydrogen-bond donors (Lipinski definition) is 3. The Morgan fingerprint density at radius 2 is 1.49 bits per heavy atom. The Bertz CT molecular complexity index is 1620. The number of rotatable bonds is 13. The predicted octanol–water partition coefficient (Wildman–Crippen LogP) is 5.94. The fourth-order valence-electron chi connectivity index (χ4n) is 5.37. The van der Waals surface area contributed by atoms with Gasteiger partial charge in [-0.3, -0.25) is 9.59 Å². The largest absolute Gasteiger partial charge is 0.481 e. The Hall–Kier alpha value is -4.61. The van der Waals surface area contributed by atoms with Gasteiger partial charge in [0, 0.05) is 28.9 Å². The third-order valence-electron chi connectivity index (χ3n) is 7.37. The van der Waals surface area contributed by atoms with E-state index in [1.165, 1.54) is 38.5 Å². The number of anilines is 1. The van der Waals surface area contributed by atoms with Gasteiger partial charge in [-0.05, 0) is 74.6 Å². The lowest BCUT2D eigenvalue weighted by atomic mass is 9.92. The molecule has 0 radical (unpaired) electrons. The van der Waals surface area contributed by atoms with E-state index in [9.17, 15) is 28.6 Å². The maximum atomic E-state index is 14.2. The molecule has 238 valence electrons. The summed E-state index contributed by atoms with van der Waals surface area (Å²) in [4.78, 5) is 30.1. The summed E-state index contributed by atoms with van der Waals surface area (Å²) in [5, 5.41) is 24.0. The molecule has 4 aromatic rings. The molecule has 0 aliphatic rings. The zero-order valence-electron chi connectivity index (χ0n) is 25.6. The van der Waals surface area contributed by atoms with Crippen molar-refractivity contribution in [3.05, 3.63) is 89.8 Å². The van der Waals surface area contributed by atoms with Crippen molar-refractivity contribution in [2.24, 2.45) is 0 Å². The Balaban J connectivity index is 1.89. The first-order valence-corrected chi connectivity index (χ1v) is 14.6. The molecule has 0 aliphatic heterocycles. The number of carbonyl (C=O) groups is 2. The fourth-order valence-corrected chi connectivity index (χ4v) is 5.37. The van der Waals surface area contributed by atoms with Crippen LogP contribution in [0.2, 0.25) is 0 Å². The summed E-state index contributed by atoms with van der Waals surface area (Å²) < 4.78 is 39.8. The second kappa shape index (κ2) is 14.9. The zero-order valence-corrected chi connectivity index (χ0v) is 25.6. The van der Waals surface area contributed by atoms with Crippen LogP contribution in [0.3, 0.4) is 0 Å². The van der Waals surface area contributed by atoms with Crippen LogP contribution in [0, 0.1) is 11.6 Å². The smallest absolute Gasteiger partial charge is 0.308 e. The van der Waals surface area contributed by atoms with Crippen LogP contribution < -0.4 is 10.1 Å². The molecule has 0 bridgehead atoms. The molecule has 2 atom stereocenters. The van der Waals surface area contributed by atoms with Gasteiger partial charge in [0.15, 0.2) is 0 Å². The van der Waals surface area contributed by atoms with Crippen molar-refractivity contribution in [2.75, 3.05) is 19.5 Å². The van der Waals surface area contributed by atoms with E-state index in [1.807, 2.05) is 18.4 Å². The predicted molar refractivity (Wildman–Crippen MR) is 166 cm³/mol. The minimum atomic E-state index is -1.10. The topological polar surface area (TPSA) is 123 Å². The van der Waals surface area contributed by atoms with Crippen molar-refractivity contribution in [3.63, 3.8) is 0 Å². The highest BCUT2D eigenvalue weighted by molar-refractivity contribution is 6.10. The first-order chi connectivity index (χ1) is 21.5. The molecule has 2 aromatic carbocycles. The molecule has 2 aromatic heterocycles. The van der Waals surface area contributed by atoms with Crippen molar-refractivity contribution >= 4 is 17.7 Å². The van der Waals surface area contributed by atoms with Gasteiger partial charge < -0.3 is 29.6 Å². The second-order valence-electron chi connectivity index (χ2n) is 10.9. The molecule has 0 aliphatic carbocycles. The Labute approximate surface area is 260 Å². The van der Waals surface area contributed by atoms with Crippen molar-refractivity contribution in [1.82, 2.24) is 9.55 Å². The van der Waals surface area contributed by atoms with E-state index in [0.717, 1.165) is 0 Å². The van der Waals surface area contributed by atoms with Gasteiger partial charge in [0.2, 0.25) is 5.88 Å². The molecule has 45 heavy (non-hydrogen) atoms. The summed E-state index contributed by atoms with van der Waals surface area (Å²) in [6, 6.07) is 16.3. The van der Waals surface area contributed by atoms with Crippen molar-refractivity contribution in [1.29, 1.82) is 0 Å². The minimum absolute atomic E-state index is 0.0664. The van der Waals surface area contributed by atoms with Crippen LogP contribution in [-0.4, -0.2) is 58.1 Å². The first-order valence-electron chi connectivity index (χ1n) is 14.6. The SMILES string of the molecule is COC(=O)CC(O)CC(O)CCc1c(-c2ccc(F)cc2)c(-c2ccc(F)cc2)c(C(=O)Nc2cccc(OC)n2)n1C(C)C. The molecule has 2 heterocycles. The van der Waals surface area contributed by atoms with Crippen LogP contribution in [0.4, 0.5) is 14.6 Å². The van der Waals surface area contributed by atoms with Crippen molar-refractivity contribution < 1.29 is 38.1 Å². The van der Waals surface area contributed by atoms with Crippen LogP contribution >= 0.6 is 0 Å². The molecule has 0 saturated carbocycles. The molecule has 9 nitrogen and oxygen atoms in total. The maximum absolute atomic E-state index is 14.2. The van der Waals surface area contributed by atoms with E-state index in [-0.39, 0.29) is 43.2 Å².